The zero-order valence-corrected chi connectivity index (χ0v) is 20.8. The van der Waals surface area contributed by atoms with Crippen LogP contribution in [-0.4, -0.2) is 41.6 Å². The van der Waals surface area contributed by atoms with E-state index in [9.17, 15) is 4.79 Å². The van der Waals surface area contributed by atoms with Gasteiger partial charge in [-0.2, -0.15) is 5.26 Å². The Bertz CT molecular complexity index is 1310. The van der Waals surface area contributed by atoms with Gasteiger partial charge in [0.2, 0.25) is 5.91 Å². The van der Waals surface area contributed by atoms with E-state index in [-0.39, 0.29) is 6.04 Å². The van der Waals surface area contributed by atoms with Crippen molar-refractivity contribution in [2.45, 2.75) is 62.7 Å². The Morgan fingerprint density at radius 3 is 2.65 bits per heavy atom. The van der Waals surface area contributed by atoms with Gasteiger partial charge in [0.05, 0.1) is 17.8 Å². The molecule has 190 valence electrons. The number of fused-ring (bicyclic) bond motifs is 2. The summed E-state index contributed by atoms with van der Waals surface area (Å²) in [6, 6.07) is 19.3. The van der Waals surface area contributed by atoms with Crippen LogP contribution >= 0.6 is 0 Å². The monoisotopic (exact) mass is 496 g/mol. The van der Waals surface area contributed by atoms with Crippen LogP contribution in [0.3, 0.4) is 0 Å². The predicted molar refractivity (Wildman–Crippen MR) is 142 cm³/mol. The maximum Gasteiger partial charge on any atom is 0.295 e. The Labute approximate surface area is 216 Å². The van der Waals surface area contributed by atoms with Crippen LogP contribution in [0.5, 0.6) is 0 Å². The highest BCUT2D eigenvalue weighted by molar-refractivity contribution is 5.93. The van der Waals surface area contributed by atoms with E-state index in [1.807, 2.05) is 18.2 Å². The molecule has 0 spiro atoms. The molecular formula is C29H32N6O2. The van der Waals surface area contributed by atoms with E-state index in [1.54, 1.807) is 24.4 Å². The van der Waals surface area contributed by atoms with Crippen molar-refractivity contribution in [3.63, 3.8) is 0 Å². The van der Waals surface area contributed by atoms with Gasteiger partial charge in [-0.3, -0.25) is 4.79 Å². The fraction of sp³-hybridized carbons (Fsp3) is 0.414. The first-order valence-electron chi connectivity index (χ1n) is 13.2. The fourth-order valence-corrected chi connectivity index (χ4v) is 6.47. The smallest absolute Gasteiger partial charge is 0.295 e. The Hall–Kier alpha value is -3.83. The van der Waals surface area contributed by atoms with Gasteiger partial charge >= 0.3 is 0 Å². The lowest BCUT2D eigenvalue weighted by Crippen LogP contribution is -2.56. The highest BCUT2D eigenvalue weighted by atomic mass is 16.4. The lowest BCUT2D eigenvalue weighted by atomic mass is 9.89. The predicted octanol–water partition coefficient (Wildman–Crippen LogP) is 4.29. The summed E-state index contributed by atoms with van der Waals surface area (Å²) >= 11 is 0. The van der Waals surface area contributed by atoms with E-state index < -0.39 is 5.91 Å². The SMILES string of the molecule is N#Cc1ccc(N2C[C@@H]3C[C@H](N[C@@H]4CCCC[C@H]4Nc4ncc(-c5cccc(C(N)=O)c5)o4)[C@H]2C3)cc1. The van der Waals surface area contributed by atoms with E-state index >= 15 is 0 Å². The molecule has 1 saturated heterocycles. The second kappa shape index (κ2) is 9.91. The standard InChI is InChI=1S/C29H32N6O2/c30-15-18-8-10-22(11-9-18)35-17-19-12-25(26(35)13-19)33-23-6-1-2-7-24(23)34-29-32-16-27(37-29)20-4-3-5-21(14-20)28(31)36/h3-5,8-11,14,16,19,23-26,33H,1-2,6-7,12-13,17H2,(H2,31,36)(H,32,34)/t19-,23-,24-,25+,26-/m1/s1. The van der Waals surface area contributed by atoms with Crippen LogP contribution < -0.4 is 21.3 Å². The second-order valence-corrected chi connectivity index (χ2v) is 10.6. The molecule has 5 atom stereocenters. The number of nitrogens with zero attached hydrogens (tertiary/aromatic N) is 3. The van der Waals surface area contributed by atoms with Gasteiger partial charge in [-0.1, -0.05) is 25.0 Å². The summed E-state index contributed by atoms with van der Waals surface area (Å²) in [5.74, 6) is 0.852. The molecule has 0 unspecified atom stereocenters. The van der Waals surface area contributed by atoms with Crippen molar-refractivity contribution < 1.29 is 9.21 Å². The van der Waals surface area contributed by atoms with E-state index in [4.69, 9.17) is 15.4 Å². The number of carbonyl (C=O) groups excluding carboxylic acids is 1. The summed E-state index contributed by atoms with van der Waals surface area (Å²) in [7, 11) is 0. The third kappa shape index (κ3) is 4.79. The molecular weight excluding hydrogens is 464 g/mol. The molecule has 4 N–H and O–H groups in total. The molecule has 3 aromatic rings. The molecule has 3 fully saturated rings. The number of oxazole rings is 1. The number of primary amides is 1. The average Bonchev–Trinajstić information content (AvgIpc) is 3.66. The zero-order chi connectivity index (χ0) is 25.4. The molecule has 2 bridgehead atoms. The summed E-state index contributed by atoms with van der Waals surface area (Å²) in [6.45, 7) is 1.09. The minimum absolute atomic E-state index is 0.236. The number of hydrogen-bond donors (Lipinski definition) is 3. The number of rotatable bonds is 7. The number of nitrogens with one attached hydrogen (secondary N) is 2. The van der Waals surface area contributed by atoms with Crippen molar-refractivity contribution in [1.29, 1.82) is 5.26 Å². The van der Waals surface area contributed by atoms with Crippen LogP contribution in [0, 0.1) is 17.2 Å². The van der Waals surface area contributed by atoms with Crippen LogP contribution in [0.2, 0.25) is 0 Å². The first-order chi connectivity index (χ1) is 18.1. The first-order valence-corrected chi connectivity index (χ1v) is 13.2. The van der Waals surface area contributed by atoms with Gasteiger partial charge in [-0.05, 0) is 68.0 Å². The fourth-order valence-electron chi connectivity index (χ4n) is 6.47. The normalized spacial score (nSPS) is 26.7. The number of benzene rings is 2. The summed E-state index contributed by atoms with van der Waals surface area (Å²) < 4.78 is 6.04. The third-order valence-electron chi connectivity index (χ3n) is 8.25. The van der Waals surface area contributed by atoms with Crippen LogP contribution in [-0.2, 0) is 0 Å². The number of carbonyl (C=O) groups is 1. The molecule has 6 rings (SSSR count). The van der Waals surface area contributed by atoms with Gasteiger partial charge in [-0.15, -0.1) is 0 Å². The molecule has 8 heteroatoms. The molecule has 1 aliphatic heterocycles. The van der Waals surface area contributed by atoms with Crippen LogP contribution in [0.15, 0.2) is 59.1 Å². The van der Waals surface area contributed by atoms with Gasteiger partial charge in [-0.25, -0.2) is 4.98 Å². The minimum atomic E-state index is -0.464. The maximum atomic E-state index is 11.5. The quantitative estimate of drug-likeness (QED) is 0.446. The topological polar surface area (TPSA) is 120 Å². The number of hydrogen-bond acceptors (Lipinski definition) is 7. The summed E-state index contributed by atoms with van der Waals surface area (Å²) in [4.78, 5) is 18.6. The number of aromatic nitrogens is 1. The van der Waals surface area contributed by atoms with E-state index in [0.29, 0.717) is 46.9 Å². The van der Waals surface area contributed by atoms with Gasteiger partial charge in [0, 0.05) is 47.5 Å². The highest BCUT2D eigenvalue weighted by Crippen LogP contribution is 2.41. The van der Waals surface area contributed by atoms with Gasteiger partial charge in [0.15, 0.2) is 5.76 Å². The molecule has 8 nitrogen and oxygen atoms in total. The summed E-state index contributed by atoms with van der Waals surface area (Å²) in [6.07, 6.45) is 8.70. The first kappa shape index (κ1) is 23.6. The van der Waals surface area contributed by atoms with Crippen LogP contribution in [0.4, 0.5) is 11.7 Å². The molecule has 2 saturated carbocycles. The number of amides is 1. The Kier molecular flexibility index (Phi) is 6.31. The molecule has 2 aliphatic carbocycles. The highest BCUT2D eigenvalue weighted by Gasteiger charge is 2.46. The van der Waals surface area contributed by atoms with Crippen molar-refractivity contribution in [3.05, 3.63) is 65.9 Å². The number of anilines is 2. The van der Waals surface area contributed by atoms with Crippen molar-refractivity contribution in [2.24, 2.45) is 11.7 Å². The van der Waals surface area contributed by atoms with E-state index in [0.717, 1.165) is 24.9 Å². The van der Waals surface area contributed by atoms with Gasteiger partial charge in [0.25, 0.3) is 6.01 Å². The van der Waals surface area contributed by atoms with Crippen molar-refractivity contribution in [1.82, 2.24) is 10.3 Å². The number of piperidine rings is 1. The third-order valence-corrected chi connectivity index (χ3v) is 8.25. The van der Waals surface area contributed by atoms with Gasteiger partial charge in [0.1, 0.15) is 0 Å². The van der Waals surface area contributed by atoms with Gasteiger partial charge < -0.3 is 25.7 Å². The van der Waals surface area contributed by atoms with Crippen molar-refractivity contribution >= 4 is 17.6 Å². The molecule has 1 amide bonds. The van der Waals surface area contributed by atoms with E-state index in [1.165, 1.54) is 31.4 Å². The Balaban J connectivity index is 1.13. The summed E-state index contributed by atoms with van der Waals surface area (Å²) in [5, 5.41) is 16.7. The average molecular weight is 497 g/mol. The zero-order valence-electron chi connectivity index (χ0n) is 20.8. The largest absolute Gasteiger partial charge is 0.424 e. The molecule has 0 radical (unpaired) electrons. The van der Waals surface area contributed by atoms with Crippen LogP contribution in [0.1, 0.15) is 54.4 Å². The van der Waals surface area contributed by atoms with Crippen molar-refractivity contribution in [3.8, 4) is 17.4 Å². The molecule has 3 aliphatic rings. The Morgan fingerprint density at radius 2 is 1.89 bits per heavy atom. The molecule has 1 aromatic heterocycles. The lowest BCUT2D eigenvalue weighted by Gasteiger charge is -2.40. The number of nitriles is 1. The molecule has 2 heterocycles. The second-order valence-electron chi connectivity index (χ2n) is 10.6. The van der Waals surface area contributed by atoms with Crippen LogP contribution in [0.25, 0.3) is 11.3 Å². The lowest BCUT2D eigenvalue weighted by molar-refractivity contribution is 0.100. The Morgan fingerprint density at radius 1 is 1.08 bits per heavy atom. The van der Waals surface area contributed by atoms with E-state index in [2.05, 4.69) is 38.7 Å². The summed E-state index contributed by atoms with van der Waals surface area (Å²) in [5.41, 5.74) is 8.57. The number of nitrogens with two attached hydrogens (primary N) is 1. The maximum absolute atomic E-state index is 11.5. The van der Waals surface area contributed by atoms with Crippen molar-refractivity contribution in [2.75, 3.05) is 16.8 Å². The molecule has 2 aromatic carbocycles. The molecule has 37 heavy (non-hydrogen) atoms. The minimum Gasteiger partial charge on any atom is -0.424 e.